The maximum Gasteiger partial charge on any atom is 0.170 e. The molecule has 2 aromatic heterocycles. The van der Waals surface area contributed by atoms with Gasteiger partial charge in [-0.05, 0) is 24.3 Å². The highest BCUT2D eigenvalue weighted by molar-refractivity contribution is 7.19. The molecule has 0 saturated carbocycles. The van der Waals surface area contributed by atoms with E-state index in [1.807, 2.05) is 11.9 Å². The van der Waals surface area contributed by atoms with Gasteiger partial charge in [-0.2, -0.15) is 0 Å². The highest BCUT2D eigenvalue weighted by atomic mass is 32.1. The molecule has 0 aliphatic carbocycles. The zero-order valence-corrected chi connectivity index (χ0v) is 11.8. The van der Waals surface area contributed by atoms with Gasteiger partial charge in [-0.25, -0.2) is 23.7 Å². The molecule has 106 valence electrons. The summed E-state index contributed by atoms with van der Waals surface area (Å²) in [7, 11) is 1.83. The minimum absolute atomic E-state index is 0.175. The molecule has 0 radical (unpaired) electrons. The van der Waals surface area contributed by atoms with E-state index < -0.39 is 5.82 Å². The molecule has 0 unspecified atom stereocenters. The first-order valence-corrected chi connectivity index (χ1v) is 6.88. The summed E-state index contributed by atoms with van der Waals surface area (Å²) in [4.78, 5) is 13.5. The lowest BCUT2D eigenvalue weighted by Crippen LogP contribution is -2.07. The minimum atomic E-state index is -0.511. The van der Waals surface area contributed by atoms with Crippen molar-refractivity contribution in [3.63, 3.8) is 0 Å². The Hall–Kier alpha value is -2.41. The van der Waals surface area contributed by atoms with Crippen molar-refractivity contribution in [3.8, 4) is 10.7 Å². The van der Waals surface area contributed by atoms with Gasteiger partial charge in [-0.15, -0.1) is 0 Å². The maximum absolute atomic E-state index is 13.6. The summed E-state index contributed by atoms with van der Waals surface area (Å²) in [6, 6.07) is 6.11. The van der Waals surface area contributed by atoms with Crippen LogP contribution in [0.15, 0.2) is 43.0 Å². The third kappa shape index (κ3) is 2.73. The molecule has 21 heavy (non-hydrogen) atoms. The van der Waals surface area contributed by atoms with E-state index in [9.17, 15) is 8.78 Å². The second kappa shape index (κ2) is 5.53. The van der Waals surface area contributed by atoms with Crippen LogP contribution in [0, 0.1) is 11.6 Å². The number of anilines is 2. The molecule has 0 aliphatic rings. The average molecular weight is 304 g/mol. The van der Waals surface area contributed by atoms with Gasteiger partial charge in [0.2, 0.25) is 0 Å². The van der Waals surface area contributed by atoms with Crippen molar-refractivity contribution >= 4 is 22.0 Å². The van der Waals surface area contributed by atoms with E-state index in [-0.39, 0.29) is 11.5 Å². The molecular formula is C14H10F2N4S. The average Bonchev–Trinajstić information content (AvgIpc) is 2.97. The van der Waals surface area contributed by atoms with E-state index >= 15 is 0 Å². The van der Waals surface area contributed by atoms with Crippen molar-refractivity contribution in [2.24, 2.45) is 0 Å². The number of halogens is 2. The lowest BCUT2D eigenvalue weighted by molar-refractivity contribution is 0.618. The van der Waals surface area contributed by atoms with Crippen molar-refractivity contribution in [2.45, 2.75) is 0 Å². The predicted octanol–water partition coefficient (Wildman–Crippen LogP) is 3.65. The molecule has 0 atom stereocenters. The first-order chi connectivity index (χ1) is 10.1. The summed E-state index contributed by atoms with van der Waals surface area (Å²) in [5.74, 6) is -0.803. The molecule has 0 amide bonds. The van der Waals surface area contributed by atoms with Crippen LogP contribution in [-0.4, -0.2) is 22.0 Å². The van der Waals surface area contributed by atoms with E-state index in [4.69, 9.17) is 0 Å². The molecule has 3 aromatic rings. The summed E-state index contributed by atoms with van der Waals surface area (Å²) in [6.45, 7) is 0. The van der Waals surface area contributed by atoms with Crippen LogP contribution in [0.5, 0.6) is 0 Å². The van der Waals surface area contributed by atoms with Crippen LogP contribution in [0.3, 0.4) is 0 Å². The highest BCUT2D eigenvalue weighted by Gasteiger charge is 2.14. The van der Waals surface area contributed by atoms with Crippen LogP contribution in [-0.2, 0) is 0 Å². The van der Waals surface area contributed by atoms with Crippen LogP contribution >= 0.6 is 11.3 Å². The maximum atomic E-state index is 13.6. The molecule has 0 fully saturated rings. The third-order valence-corrected chi connectivity index (χ3v) is 3.99. The number of benzene rings is 1. The molecule has 0 N–H and O–H groups in total. The van der Waals surface area contributed by atoms with Crippen LogP contribution in [0.1, 0.15) is 0 Å². The molecule has 0 bridgehead atoms. The highest BCUT2D eigenvalue weighted by Crippen LogP contribution is 2.33. The summed E-state index contributed by atoms with van der Waals surface area (Å²) in [5.41, 5.74) is 0.989. The SMILES string of the molecule is CN(c1ccc(F)cc1)c1cnc(-c2ncncc2F)s1. The molecule has 3 rings (SSSR count). The third-order valence-electron chi connectivity index (χ3n) is 2.91. The second-order valence-electron chi connectivity index (χ2n) is 4.26. The number of aromatic nitrogens is 3. The number of rotatable bonds is 3. The van der Waals surface area contributed by atoms with Crippen LogP contribution in [0.4, 0.5) is 19.5 Å². The van der Waals surface area contributed by atoms with Gasteiger partial charge < -0.3 is 4.90 Å². The number of hydrogen-bond acceptors (Lipinski definition) is 5. The zero-order chi connectivity index (χ0) is 14.8. The van der Waals surface area contributed by atoms with Crippen LogP contribution in [0.25, 0.3) is 10.7 Å². The van der Waals surface area contributed by atoms with E-state index in [1.165, 1.54) is 29.8 Å². The van der Waals surface area contributed by atoms with E-state index in [0.717, 1.165) is 16.9 Å². The fourth-order valence-corrected chi connectivity index (χ4v) is 2.69. The number of thiazole rings is 1. The molecule has 7 heteroatoms. The topological polar surface area (TPSA) is 41.9 Å². The second-order valence-corrected chi connectivity index (χ2v) is 5.27. The van der Waals surface area contributed by atoms with Gasteiger partial charge in [-0.3, -0.25) is 0 Å². The smallest absolute Gasteiger partial charge is 0.170 e. The van der Waals surface area contributed by atoms with E-state index in [2.05, 4.69) is 15.0 Å². The predicted molar refractivity (Wildman–Crippen MR) is 77.6 cm³/mol. The van der Waals surface area contributed by atoms with Crippen molar-refractivity contribution in [1.29, 1.82) is 0 Å². The van der Waals surface area contributed by atoms with Crippen molar-refractivity contribution < 1.29 is 8.78 Å². The lowest BCUT2D eigenvalue weighted by Gasteiger charge is -2.16. The van der Waals surface area contributed by atoms with Gasteiger partial charge in [0.05, 0.1) is 12.4 Å². The number of hydrogen-bond donors (Lipinski definition) is 0. The standard InChI is InChI=1S/C14H10F2N4S/c1-20(10-4-2-9(15)3-5-10)12-7-18-14(21-12)13-11(16)6-17-8-19-13/h2-8H,1H3. The minimum Gasteiger partial charge on any atom is -0.335 e. The summed E-state index contributed by atoms with van der Waals surface area (Å²) in [6.07, 6.45) is 4.02. The number of nitrogens with zero attached hydrogens (tertiary/aromatic N) is 4. The molecule has 0 aliphatic heterocycles. The van der Waals surface area contributed by atoms with Crippen molar-refractivity contribution in [1.82, 2.24) is 15.0 Å². The Kier molecular flexibility index (Phi) is 3.57. The van der Waals surface area contributed by atoms with Gasteiger partial charge in [0.25, 0.3) is 0 Å². The first kappa shape index (κ1) is 13.6. The normalized spacial score (nSPS) is 10.6. The Labute approximate surface area is 123 Å². The largest absolute Gasteiger partial charge is 0.335 e. The Morgan fingerprint density at radius 2 is 1.81 bits per heavy atom. The first-order valence-electron chi connectivity index (χ1n) is 6.06. The monoisotopic (exact) mass is 304 g/mol. The Morgan fingerprint density at radius 1 is 1.05 bits per heavy atom. The molecular weight excluding hydrogens is 294 g/mol. The van der Waals surface area contributed by atoms with Crippen LogP contribution < -0.4 is 4.90 Å². The molecule has 0 spiro atoms. The van der Waals surface area contributed by atoms with E-state index in [0.29, 0.717) is 5.01 Å². The van der Waals surface area contributed by atoms with Gasteiger partial charge in [-0.1, -0.05) is 11.3 Å². The summed E-state index contributed by atoms with van der Waals surface area (Å²) in [5, 5.41) is 1.27. The van der Waals surface area contributed by atoms with E-state index in [1.54, 1.807) is 18.3 Å². The lowest BCUT2D eigenvalue weighted by atomic mass is 10.3. The van der Waals surface area contributed by atoms with Crippen molar-refractivity contribution in [2.75, 3.05) is 11.9 Å². The van der Waals surface area contributed by atoms with Gasteiger partial charge in [0.15, 0.2) is 5.82 Å². The summed E-state index contributed by atoms with van der Waals surface area (Å²) >= 11 is 1.30. The quantitative estimate of drug-likeness (QED) is 0.741. The molecule has 1 aromatic carbocycles. The van der Waals surface area contributed by atoms with Gasteiger partial charge in [0, 0.05) is 12.7 Å². The van der Waals surface area contributed by atoms with Crippen molar-refractivity contribution in [3.05, 3.63) is 54.6 Å². The molecule has 0 saturated heterocycles. The molecule has 2 heterocycles. The summed E-state index contributed by atoms with van der Waals surface area (Å²) < 4.78 is 26.6. The van der Waals surface area contributed by atoms with Crippen LogP contribution in [0.2, 0.25) is 0 Å². The fraction of sp³-hybridized carbons (Fsp3) is 0.0714. The van der Waals surface area contributed by atoms with Gasteiger partial charge >= 0.3 is 0 Å². The Morgan fingerprint density at radius 3 is 2.52 bits per heavy atom. The Bertz CT molecular complexity index is 758. The Balaban J connectivity index is 1.91. The van der Waals surface area contributed by atoms with Gasteiger partial charge in [0.1, 0.15) is 27.8 Å². The zero-order valence-electron chi connectivity index (χ0n) is 11.0. The molecule has 4 nitrogen and oxygen atoms in total. The fourth-order valence-electron chi connectivity index (χ4n) is 1.79.